The molecule has 0 spiro atoms. The Morgan fingerprint density at radius 3 is 2.42 bits per heavy atom. The number of carbonyl (C=O) groups is 3. The molecule has 3 amide bonds. The van der Waals surface area contributed by atoms with Crippen LogP contribution in [0, 0.1) is 5.92 Å². The average molecular weight is 346 g/mol. The van der Waals surface area contributed by atoms with Gasteiger partial charge in [-0.1, -0.05) is 12.1 Å². The number of rotatable bonds is 9. The fourth-order valence-corrected chi connectivity index (χ4v) is 3.55. The molecule has 5 nitrogen and oxygen atoms in total. The van der Waals surface area contributed by atoms with Gasteiger partial charge in [0.15, 0.2) is 0 Å². The lowest BCUT2D eigenvalue weighted by molar-refractivity contribution is -0.118. The summed E-state index contributed by atoms with van der Waals surface area (Å²) in [5.74, 6) is 1.77. The lowest BCUT2D eigenvalue weighted by Crippen LogP contribution is -2.30. The van der Waals surface area contributed by atoms with Crippen LogP contribution in [0.2, 0.25) is 0 Å². The molecule has 3 rings (SSSR count). The van der Waals surface area contributed by atoms with Crippen molar-refractivity contribution in [3.05, 3.63) is 35.4 Å². The molecule has 1 aromatic rings. The van der Waals surface area contributed by atoms with Gasteiger partial charge in [0, 0.05) is 13.1 Å². The van der Waals surface area contributed by atoms with E-state index in [0.717, 1.165) is 25.1 Å². The SMILES string of the molecule is O=C(CSCCCCN1C(=O)c2ccccc2C1=O)NCC1CC1. The van der Waals surface area contributed by atoms with Crippen LogP contribution in [0.3, 0.4) is 0 Å². The number of unbranched alkanes of at least 4 members (excludes halogenated alkanes) is 1. The van der Waals surface area contributed by atoms with Gasteiger partial charge in [0.1, 0.15) is 0 Å². The average Bonchev–Trinajstić information content (AvgIpc) is 3.39. The molecule has 0 saturated heterocycles. The molecular formula is C18H22N2O3S. The molecule has 0 bridgehead atoms. The minimum atomic E-state index is -0.192. The summed E-state index contributed by atoms with van der Waals surface area (Å²) in [6.07, 6.45) is 4.13. The molecule has 1 aliphatic heterocycles. The highest BCUT2D eigenvalue weighted by Gasteiger charge is 2.34. The topological polar surface area (TPSA) is 66.5 Å². The fraction of sp³-hybridized carbons (Fsp3) is 0.500. The molecule has 1 aromatic carbocycles. The first kappa shape index (κ1) is 17.0. The largest absolute Gasteiger partial charge is 0.355 e. The molecule has 0 atom stereocenters. The third-order valence-corrected chi connectivity index (χ3v) is 5.36. The Balaban J connectivity index is 1.30. The zero-order valence-electron chi connectivity index (χ0n) is 13.6. The lowest BCUT2D eigenvalue weighted by atomic mass is 10.1. The summed E-state index contributed by atoms with van der Waals surface area (Å²) in [4.78, 5) is 37.3. The molecule has 24 heavy (non-hydrogen) atoms. The van der Waals surface area contributed by atoms with Gasteiger partial charge in [0.2, 0.25) is 5.91 Å². The minimum absolute atomic E-state index is 0.104. The molecule has 128 valence electrons. The molecule has 2 aliphatic rings. The number of hydrogen-bond donors (Lipinski definition) is 1. The van der Waals surface area contributed by atoms with Gasteiger partial charge in [-0.2, -0.15) is 11.8 Å². The maximum Gasteiger partial charge on any atom is 0.261 e. The van der Waals surface area contributed by atoms with E-state index in [1.54, 1.807) is 36.0 Å². The van der Waals surface area contributed by atoms with Crippen molar-refractivity contribution in [3.8, 4) is 0 Å². The number of thioether (sulfide) groups is 1. The number of nitrogens with one attached hydrogen (secondary N) is 1. The van der Waals surface area contributed by atoms with Gasteiger partial charge in [-0.25, -0.2) is 0 Å². The predicted molar refractivity (Wildman–Crippen MR) is 94.1 cm³/mol. The Morgan fingerprint density at radius 2 is 1.79 bits per heavy atom. The van der Waals surface area contributed by atoms with E-state index >= 15 is 0 Å². The van der Waals surface area contributed by atoms with Crippen molar-refractivity contribution < 1.29 is 14.4 Å². The third kappa shape index (κ3) is 4.17. The van der Waals surface area contributed by atoms with Crippen molar-refractivity contribution in [1.29, 1.82) is 0 Å². The van der Waals surface area contributed by atoms with Crippen LogP contribution in [0.4, 0.5) is 0 Å². The lowest BCUT2D eigenvalue weighted by Gasteiger charge is -2.13. The molecule has 1 saturated carbocycles. The van der Waals surface area contributed by atoms with E-state index < -0.39 is 0 Å². The number of fused-ring (bicyclic) bond motifs is 1. The predicted octanol–water partition coefficient (Wildman–Crippen LogP) is 2.32. The minimum Gasteiger partial charge on any atom is -0.355 e. The van der Waals surface area contributed by atoms with E-state index in [1.807, 2.05) is 0 Å². The number of amides is 3. The quantitative estimate of drug-likeness (QED) is 0.550. The molecule has 0 unspecified atom stereocenters. The normalized spacial score (nSPS) is 16.4. The summed E-state index contributed by atoms with van der Waals surface area (Å²) in [6, 6.07) is 6.95. The summed E-state index contributed by atoms with van der Waals surface area (Å²) in [5.41, 5.74) is 1.01. The highest BCUT2D eigenvalue weighted by Crippen LogP contribution is 2.27. The number of benzene rings is 1. The summed E-state index contributed by atoms with van der Waals surface area (Å²) in [5, 5.41) is 2.94. The summed E-state index contributed by atoms with van der Waals surface area (Å²) in [6.45, 7) is 1.26. The standard InChI is InChI=1S/C18H22N2O3S/c21-16(19-11-13-7-8-13)12-24-10-4-3-9-20-17(22)14-5-1-2-6-15(14)18(20)23/h1-2,5-6,13H,3-4,7-12H2,(H,19,21). The molecule has 1 N–H and O–H groups in total. The second kappa shape index (κ2) is 7.83. The van der Waals surface area contributed by atoms with Crippen molar-refractivity contribution in [2.45, 2.75) is 25.7 Å². The summed E-state index contributed by atoms with van der Waals surface area (Å²) in [7, 11) is 0. The van der Waals surface area contributed by atoms with E-state index in [9.17, 15) is 14.4 Å². The molecule has 0 radical (unpaired) electrons. The van der Waals surface area contributed by atoms with Gasteiger partial charge >= 0.3 is 0 Å². The molecule has 0 aromatic heterocycles. The Labute approximate surface area is 146 Å². The first-order valence-corrected chi connectivity index (χ1v) is 9.62. The van der Waals surface area contributed by atoms with Crippen LogP contribution >= 0.6 is 11.8 Å². The number of nitrogens with zero attached hydrogens (tertiary/aromatic N) is 1. The van der Waals surface area contributed by atoms with Crippen molar-refractivity contribution in [3.63, 3.8) is 0 Å². The van der Waals surface area contributed by atoms with Crippen LogP contribution in [0.5, 0.6) is 0 Å². The van der Waals surface area contributed by atoms with Crippen LogP contribution < -0.4 is 5.32 Å². The maximum atomic E-state index is 12.2. The van der Waals surface area contributed by atoms with Gasteiger partial charge < -0.3 is 5.32 Å². The maximum absolute atomic E-state index is 12.2. The molecule has 1 aliphatic carbocycles. The first-order chi connectivity index (χ1) is 11.7. The van der Waals surface area contributed by atoms with Crippen molar-refractivity contribution in [2.75, 3.05) is 24.6 Å². The van der Waals surface area contributed by atoms with E-state index in [-0.39, 0.29) is 17.7 Å². The van der Waals surface area contributed by atoms with Gasteiger partial charge in [0.05, 0.1) is 16.9 Å². The zero-order valence-corrected chi connectivity index (χ0v) is 14.4. The molecule has 6 heteroatoms. The fourth-order valence-electron chi connectivity index (χ4n) is 2.71. The Morgan fingerprint density at radius 1 is 1.12 bits per heavy atom. The van der Waals surface area contributed by atoms with E-state index in [2.05, 4.69) is 5.32 Å². The van der Waals surface area contributed by atoms with Gasteiger partial charge in [-0.3, -0.25) is 19.3 Å². The Kier molecular flexibility index (Phi) is 5.56. The van der Waals surface area contributed by atoms with Gasteiger partial charge in [-0.05, 0) is 49.5 Å². The van der Waals surface area contributed by atoms with Crippen LogP contribution in [0.15, 0.2) is 24.3 Å². The van der Waals surface area contributed by atoms with E-state index in [4.69, 9.17) is 0 Å². The Hall–Kier alpha value is -1.82. The molecule has 1 heterocycles. The first-order valence-electron chi connectivity index (χ1n) is 8.46. The second-order valence-electron chi connectivity index (χ2n) is 6.31. The van der Waals surface area contributed by atoms with Gasteiger partial charge in [0.25, 0.3) is 11.8 Å². The summed E-state index contributed by atoms with van der Waals surface area (Å²) >= 11 is 1.60. The third-order valence-electron chi connectivity index (χ3n) is 4.32. The molecule has 1 fully saturated rings. The highest BCUT2D eigenvalue weighted by molar-refractivity contribution is 7.99. The zero-order chi connectivity index (χ0) is 16.9. The van der Waals surface area contributed by atoms with Crippen molar-refractivity contribution >= 4 is 29.5 Å². The van der Waals surface area contributed by atoms with Crippen molar-refractivity contribution in [1.82, 2.24) is 10.2 Å². The number of carbonyl (C=O) groups excluding carboxylic acids is 3. The highest BCUT2D eigenvalue weighted by atomic mass is 32.2. The summed E-state index contributed by atoms with van der Waals surface area (Å²) < 4.78 is 0. The second-order valence-corrected chi connectivity index (χ2v) is 7.42. The smallest absolute Gasteiger partial charge is 0.261 e. The number of hydrogen-bond acceptors (Lipinski definition) is 4. The van der Waals surface area contributed by atoms with Crippen LogP contribution in [-0.2, 0) is 4.79 Å². The van der Waals surface area contributed by atoms with Crippen LogP contribution in [0.1, 0.15) is 46.4 Å². The van der Waals surface area contributed by atoms with Crippen molar-refractivity contribution in [2.24, 2.45) is 5.92 Å². The van der Waals surface area contributed by atoms with E-state index in [1.165, 1.54) is 17.7 Å². The van der Waals surface area contributed by atoms with E-state index in [0.29, 0.717) is 29.3 Å². The number of imide groups is 1. The van der Waals surface area contributed by atoms with Crippen LogP contribution in [-0.4, -0.2) is 47.2 Å². The van der Waals surface area contributed by atoms with Crippen LogP contribution in [0.25, 0.3) is 0 Å². The monoisotopic (exact) mass is 346 g/mol. The van der Waals surface area contributed by atoms with Gasteiger partial charge in [-0.15, -0.1) is 0 Å². The Bertz CT molecular complexity index is 608. The molecular weight excluding hydrogens is 324 g/mol.